The van der Waals surface area contributed by atoms with E-state index in [1.54, 1.807) is 13.0 Å². The Hall–Kier alpha value is -3.11. The van der Waals surface area contributed by atoms with E-state index >= 15 is 0 Å². The molecule has 0 amide bonds. The second-order valence-electron chi connectivity index (χ2n) is 5.16. The zero-order valence-electron chi connectivity index (χ0n) is 12.8. The van der Waals surface area contributed by atoms with Crippen LogP contribution in [-0.2, 0) is 10.0 Å². The van der Waals surface area contributed by atoms with Crippen LogP contribution in [0.3, 0.4) is 0 Å². The number of nitrogens with one attached hydrogen (secondary N) is 1. The van der Waals surface area contributed by atoms with Crippen LogP contribution in [0.2, 0.25) is 0 Å². The lowest BCUT2D eigenvalue weighted by molar-refractivity contribution is 0.600. The number of hydrogen-bond acceptors (Lipinski definition) is 4. The van der Waals surface area contributed by atoms with Crippen molar-refractivity contribution in [3.8, 4) is 11.8 Å². The molecule has 1 heterocycles. The number of nitriles is 1. The molecule has 0 aliphatic heterocycles. The summed E-state index contributed by atoms with van der Waals surface area (Å²) in [5.41, 5.74) is 1.85. The molecule has 0 aliphatic carbocycles. The quantitative estimate of drug-likeness (QED) is 0.792. The largest absolute Gasteiger partial charge is 0.263 e. The minimum atomic E-state index is -3.78. The first-order valence-electron chi connectivity index (χ1n) is 7.15. The number of benzene rings is 2. The van der Waals surface area contributed by atoms with Gasteiger partial charge in [0.15, 0.2) is 0 Å². The molecule has 24 heavy (non-hydrogen) atoms. The average molecular weight is 338 g/mol. The Kier molecular flexibility index (Phi) is 4.06. The minimum Gasteiger partial charge on any atom is -0.263 e. The summed E-state index contributed by atoms with van der Waals surface area (Å²) in [5.74, 6) is 0.350. The van der Waals surface area contributed by atoms with E-state index in [4.69, 9.17) is 5.26 Å². The number of para-hydroxylation sites is 1. The summed E-state index contributed by atoms with van der Waals surface area (Å²) in [7, 11) is -3.78. The number of aromatic nitrogens is 2. The van der Waals surface area contributed by atoms with Crippen LogP contribution in [-0.4, -0.2) is 18.2 Å². The number of anilines is 1. The van der Waals surface area contributed by atoms with Gasteiger partial charge in [-0.15, -0.1) is 0 Å². The highest BCUT2D eigenvalue weighted by atomic mass is 32.2. The number of aryl methyl sites for hydroxylation is 1. The van der Waals surface area contributed by atoms with Gasteiger partial charge >= 0.3 is 0 Å². The lowest BCUT2D eigenvalue weighted by Gasteiger charge is -2.10. The fourth-order valence-corrected chi connectivity index (χ4v) is 3.28. The van der Waals surface area contributed by atoms with E-state index in [0.717, 1.165) is 5.69 Å². The summed E-state index contributed by atoms with van der Waals surface area (Å²) in [5, 5.41) is 13.1. The second kappa shape index (κ2) is 6.18. The summed E-state index contributed by atoms with van der Waals surface area (Å²) in [6.07, 6.45) is 0. The molecule has 1 aromatic heterocycles. The number of hydrogen-bond donors (Lipinski definition) is 1. The number of sulfonamides is 1. The molecule has 0 saturated heterocycles. The molecule has 0 atom stereocenters. The van der Waals surface area contributed by atoms with Gasteiger partial charge < -0.3 is 0 Å². The molecule has 0 radical (unpaired) electrons. The fraction of sp³-hybridized carbons (Fsp3) is 0.0588. The summed E-state index contributed by atoms with van der Waals surface area (Å²) in [4.78, 5) is 0.0833. The molecule has 3 rings (SSSR count). The molecule has 120 valence electrons. The predicted molar refractivity (Wildman–Crippen MR) is 90.3 cm³/mol. The van der Waals surface area contributed by atoms with Crippen LogP contribution < -0.4 is 4.72 Å². The number of rotatable bonds is 4. The number of nitrogens with zero attached hydrogens (tertiary/aromatic N) is 3. The van der Waals surface area contributed by atoms with Crippen LogP contribution in [0.15, 0.2) is 65.6 Å². The van der Waals surface area contributed by atoms with E-state index in [2.05, 4.69) is 9.82 Å². The molecule has 0 saturated carbocycles. The molecular weight excluding hydrogens is 324 g/mol. The Labute approximate surface area is 140 Å². The molecule has 7 heteroatoms. The first-order chi connectivity index (χ1) is 11.5. The third-order valence-electron chi connectivity index (χ3n) is 3.36. The first-order valence-corrected chi connectivity index (χ1v) is 8.63. The van der Waals surface area contributed by atoms with Crippen molar-refractivity contribution in [2.24, 2.45) is 0 Å². The van der Waals surface area contributed by atoms with Crippen molar-refractivity contribution in [2.45, 2.75) is 11.8 Å². The predicted octanol–water partition coefficient (Wildman–Crippen LogP) is 2.85. The normalized spacial score (nSPS) is 11.0. The van der Waals surface area contributed by atoms with E-state index in [1.165, 1.54) is 28.9 Å². The van der Waals surface area contributed by atoms with E-state index < -0.39 is 10.0 Å². The van der Waals surface area contributed by atoms with Crippen LogP contribution >= 0.6 is 0 Å². The van der Waals surface area contributed by atoms with Crippen molar-refractivity contribution in [3.63, 3.8) is 0 Å². The minimum absolute atomic E-state index is 0.0833. The van der Waals surface area contributed by atoms with Gasteiger partial charge in [-0.05, 0) is 43.3 Å². The lowest BCUT2D eigenvalue weighted by atomic mass is 10.2. The Bertz CT molecular complexity index is 1000. The smallest absolute Gasteiger partial charge is 0.263 e. The van der Waals surface area contributed by atoms with Gasteiger partial charge in [-0.2, -0.15) is 10.4 Å². The summed E-state index contributed by atoms with van der Waals surface area (Å²) in [6.45, 7) is 1.79. The van der Waals surface area contributed by atoms with Crippen LogP contribution in [0.1, 0.15) is 11.3 Å². The first kappa shape index (κ1) is 15.8. The monoisotopic (exact) mass is 338 g/mol. The average Bonchev–Trinajstić information content (AvgIpc) is 2.95. The van der Waals surface area contributed by atoms with Gasteiger partial charge in [0.1, 0.15) is 5.82 Å². The molecule has 6 nitrogen and oxygen atoms in total. The molecule has 0 bridgehead atoms. The van der Waals surface area contributed by atoms with Crippen molar-refractivity contribution >= 4 is 15.8 Å². The van der Waals surface area contributed by atoms with Crippen molar-refractivity contribution in [2.75, 3.05) is 4.72 Å². The van der Waals surface area contributed by atoms with Crippen LogP contribution in [0.5, 0.6) is 0 Å². The Morgan fingerprint density at radius 3 is 2.38 bits per heavy atom. The second-order valence-corrected chi connectivity index (χ2v) is 6.84. The fourth-order valence-electron chi connectivity index (χ4n) is 2.24. The van der Waals surface area contributed by atoms with E-state index in [9.17, 15) is 8.42 Å². The van der Waals surface area contributed by atoms with Crippen LogP contribution in [0.25, 0.3) is 5.69 Å². The highest BCUT2D eigenvalue weighted by molar-refractivity contribution is 7.92. The van der Waals surface area contributed by atoms with Crippen molar-refractivity contribution in [1.82, 2.24) is 9.78 Å². The highest BCUT2D eigenvalue weighted by Gasteiger charge is 2.18. The van der Waals surface area contributed by atoms with Gasteiger partial charge in [-0.1, -0.05) is 18.2 Å². The molecule has 0 aliphatic rings. The molecule has 1 N–H and O–H groups in total. The standard InChI is InChI=1S/C17H14N4O2S/c1-13-11-17(21(19-13)15-5-3-2-4-6-15)20-24(22,23)16-9-7-14(12-18)8-10-16/h2-11,20H,1H3. The topological polar surface area (TPSA) is 87.8 Å². The van der Waals surface area contributed by atoms with E-state index in [0.29, 0.717) is 17.1 Å². The van der Waals surface area contributed by atoms with Gasteiger partial charge in [0.2, 0.25) is 0 Å². The molecule has 0 unspecified atom stereocenters. The van der Waals surface area contributed by atoms with Crippen molar-refractivity contribution in [1.29, 1.82) is 5.26 Å². The third-order valence-corrected chi connectivity index (χ3v) is 4.74. The third kappa shape index (κ3) is 3.14. The van der Waals surface area contributed by atoms with E-state index in [1.807, 2.05) is 36.4 Å². The maximum absolute atomic E-state index is 12.6. The van der Waals surface area contributed by atoms with Crippen molar-refractivity contribution in [3.05, 3.63) is 71.9 Å². The van der Waals surface area contributed by atoms with Crippen molar-refractivity contribution < 1.29 is 8.42 Å². The van der Waals surface area contributed by atoms with Gasteiger partial charge in [-0.3, -0.25) is 4.72 Å². The molecule has 2 aromatic carbocycles. The van der Waals surface area contributed by atoms with Crippen LogP contribution in [0, 0.1) is 18.3 Å². The molecule has 3 aromatic rings. The summed E-state index contributed by atoms with van der Waals surface area (Å²) < 4.78 is 29.2. The van der Waals surface area contributed by atoms with E-state index in [-0.39, 0.29) is 4.90 Å². The maximum atomic E-state index is 12.6. The van der Waals surface area contributed by atoms with Gasteiger partial charge in [0.05, 0.1) is 27.9 Å². The molecule has 0 fully saturated rings. The lowest BCUT2D eigenvalue weighted by Crippen LogP contribution is -2.15. The van der Waals surface area contributed by atoms with Gasteiger partial charge in [0, 0.05) is 6.07 Å². The van der Waals surface area contributed by atoms with Crippen LogP contribution in [0.4, 0.5) is 5.82 Å². The maximum Gasteiger partial charge on any atom is 0.263 e. The SMILES string of the molecule is Cc1cc(NS(=O)(=O)c2ccc(C#N)cc2)n(-c2ccccc2)n1. The highest BCUT2D eigenvalue weighted by Crippen LogP contribution is 2.21. The zero-order chi connectivity index (χ0) is 17.2. The molecular formula is C17H14N4O2S. The summed E-state index contributed by atoms with van der Waals surface area (Å²) >= 11 is 0. The Morgan fingerprint density at radius 1 is 1.08 bits per heavy atom. The zero-order valence-corrected chi connectivity index (χ0v) is 13.7. The Balaban J connectivity index is 1.97. The molecule has 0 spiro atoms. The van der Waals surface area contributed by atoms with Gasteiger partial charge in [0.25, 0.3) is 10.0 Å². The summed E-state index contributed by atoms with van der Waals surface area (Å²) in [6, 6.07) is 18.6. The van der Waals surface area contributed by atoms with Gasteiger partial charge in [-0.25, -0.2) is 13.1 Å². The Morgan fingerprint density at radius 2 is 1.75 bits per heavy atom.